The van der Waals surface area contributed by atoms with Crippen LogP contribution in [0.4, 0.5) is 13.2 Å². The van der Waals surface area contributed by atoms with Crippen molar-refractivity contribution in [2.45, 2.75) is 31.7 Å². The number of ether oxygens (including phenoxy) is 3. The summed E-state index contributed by atoms with van der Waals surface area (Å²) in [6.45, 7) is -0.0975. The van der Waals surface area contributed by atoms with Gasteiger partial charge in [-0.15, -0.1) is 13.2 Å². The molecular formula is C18H16F3NO5. The molecule has 0 radical (unpaired) electrons. The maximum Gasteiger partial charge on any atom is 0.573 e. The van der Waals surface area contributed by atoms with Crippen LogP contribution >= 0.6 is 0 Å². The highest BCUT2D eigenvalue weighted by atomic mass is 19.4. The summed E-state index contributed by atoms with van der Waals surface area (Å²) in [5, 5.41) is 9.31. The van der Waals surface area contributed by atoms with E-state index in [2.05, 4.69) is 9.72 Å². The lowest BCUT2D eigenvalue weighted by atomic mass is 10.1. The summed E-state index contributed by atoms with van der Waals surface area (Å²) in [5.41, 5.74) is 1.24. The van der Waals surface area contributed by atoms with Crippen LogP contribution in [0.2, 0.25) is 0 Å². The lowest BCUT2D eigenvalue weighted by Gasteiger charge is -2.15. The first kappa shape index (κ1) is 18.8. The molecule has 0 unspecified atom stereocenters. The molecule has 3 rings (SSSR count). The zero-order valence-corrected chi connectivity index (χ0v) is 14.2. The maximum atomic E-state index is 12.3. The molecule has 6 nitrogen and oxygen atoms in total. The molecule has 1 aromatic carbocycles. The van der Waals surface area contributed by atoms with Crippen LogP contribution in [0.3, 0.4) is 0 Å². The van der Waals surface area contributed by atoms with Crippen LogP contribution in [0.25, 0.3) is 0 Å². The number of carbonyl (C=O) groups is 1. The Morgan fingerprint density at radius 3 is 2.59 bits per heavy atom. The number of hydrogen-bond donors (Lipinski definition) is 1. The first-order valence-corrected chi connectivity index (χ1v) is 8.05. The number of hydrogen-bond acceptors (Lipinski definition) is 5. The summed E-state index contributed by atoms with van der Waals surface area (Å²) < 4.78 is 51.4. The summed E-state index contributed by atoms with van der Waals surface area (Å²) in [6.07, 6.45) is -1.51. The second-order valence-corrected chi connectivity index (χ2v) is 5.99. The number of carboxylic acids is 1. The minimum Gasteiger partial charge on any atom is -0.493 e. The molecule has 0 amide bonds. The van der Waals surface area contributed by atoms with Crippen molar-refractivity contribution in [1.82, 2.24) is 4.98 Å². The summed E-state index contributed by atoms with van der Waals surface area (Å²) in [7, 11) is 1.28. The van der Waals surface area contributed by atoms with Crippen molar-refractivity contribution in [1.29, 1.82) is 0 Å². The average molecular weight is 383 g/mol. The third-order valence-corrected chi connectivity index (χ3v) is 3.99. The van der Waals surface area contributed by atoms with Gasteiger partial charge in [-0.1, -0.05) is 0 Å². The van der Waals surface area contributed by atoms with E-state index < -0.39 is 18.1 Å². The standard InChI is InChI=1S/C18H16F3NO5/c1-25-16-7-12(27-18(19,20)21)4-5-15(16)26-9-11-6-14(10-2-3-10)22-8-13(11)17(23)24/h4-8,10H,2-3,9H2,1H3,(H,23,24). The topological polar surface area (TPSA) is 77.9 Å². The molecule has 0 aliphatic heterocycles. The van der Waals surface area contributed by atoms with E-state index in [1.54, 1.807) is 6.07 Å². The fourth-order valence-corrected chi connectivity index (χ4v) is 2.55. The van der Waals surface area contributed by atoms with E-state index >= 15 is 0 Å². The van der Waals surface area contributed by atoms with Gasteiger partial charge in [0.1, 0.15) is 12.4 Å². The van der Waals surface area contributed by atoms with Crippen molar-refractivity contribution < 1.29 is 37.3 Å². The van der Waals surface area contributed by atoms with E-state index in [-0.39, 0.29) is 23.7 Å². The Kier molecular flexibility index (Phi) is 5.11. The highest BCUT2D eigenvalue weighted by molar-refractivity contribution is 5.89. The number of halogens is 3. The number of methoxy groups -OCH3 is 1. The predicted octanol–water partition coefficient (Wildman–Crippen LogP) is 4.14. The van der Waals surface area contributed by atoms with Gasteiger partial charge in [-0.2, -0.15) is 0 Å². The zero-order valence-electron chi connectivity index (χ0n) is 14.2. The van der Waals surface area contributed by atoms with Gasteiger partial charge >= 0.3 is 12.3 Å². The molecule has 0 saturated heterocycles. The second kappa shape index (κ2) is 7.34. The highest BCUT2D eigenvalue weighted by Gasteiger charge is 2.31. The number of benzene rings is 1. The van der Waals surface area contributed by atoms with Crippen molar-refractivity contribution in [2.24, 2.45) is 0 Å². The third-order valence-electron chi connectivity index (χ3n) is 3.99. The molecule has 1 aromatic heterocycles. The van der Waals surface area contributed by atoms with Gasteiger partial charge in [-0.05, 0) is 31.0 Å². The van der Waals surface area contributed by atoms with Crippen molar-refractivity contribution in [3.63, 3.8) is 0 Å². The normalized spacial score (nSPS) is 13.9. The Hall–Kier alpha value is -2.97. The lowest BCUT2D eigenvalue weighted by Crippen LogP contribution is -2.17. The first-order chi connectivity index (χ1) is 12.8. The van der Waals surface area contributed by atoms with Crippen molar-refractivity contribution in [2.75, 3.05) is 7.11 Å². The van der Waals surface area contributed by atoms with Crippen LogP contribution in [0, 0.1) is 0 Å². The number of rotatable bonds is 7. The Morgan fingerprint density at radius 1 is 1.26 bits per heavy atom. The number of aromatic carboxylic acids is 1. The summed E-state index contributed by atoms with van der Waals surface area (Å²) in [5.74, 6) is -1.06. The van der Waals surface area contributed by atoms with Crippen LogP contribution in [0.15, 0.2) is 30.5 Å². The molecule has 0 bridgehead atoms. The molecule has 0 spiro atoms. The first-order valence-electron chi connectivity index (χ1n) is 8.05. The van der Waals surface area contributed by atoms with Gasteiger partial charge in [0.2, 0.25) is 0 Å². The predicted molar refractivity (Wildman–Crippen MR) is 87.2 cm³/mol. The minimum atomic E-state index is -4.82. The molecule has 9 heteroatoms. The number of pyridine rings is 1. The monoisotopic (exact) mass is 383 g/mol. The van der Waals surface area contributed by atoms with E-state index in [4.69, 9.17) is 9.47 Å². The minimum absolute atomic E-state index is 0.00962. The average Bonchev–Trinajstić information content (AvgIpc) is 3.43. The van der Waals surface area contributed by atoms with E-state index in [0.29, 0.717) is 11.5 Å². The van der Waals surface area contributed by atoms with Gasteiger partial charge in [0, 0.05) is 29.4 Å². The van der Waals surface area contributed by atoms with E-state index in [0.717, 1.165) is 30.7 Å². The molecule has 1 aliphatic rings. The van der Waals surface area contributed by atoms with E-state index in [1.165, 1.54) is 19.4 Å². The van der Waals surface area contributed by atoms with Crippen molar-refractivity contribution in [3.05, 3.63) is 47.3 Å². The molecule has 1 heterocycles. The molecule has 1 fully saturated rings. The Labute approximate surface area is 152 Å². The van der Waals surface area contributed by atoms with E-state index in [1.807, 2.05) is 0 Å². The smallest absolute Gasteiger partial charge is 0.493 e. The van der Waals surface area contributed by atoms with Gasteiger partial charge in [0.25, 0.3) is 0 Å². The molecule has 1 aliphatic carbocycles. The van der Waals surface area contributed by atoms with Crippen LogP contribution < -0.4 is 14.2 Å². The van der Waals surface area contributed by atoms with E-state index in [9.17, 15) is 23.1 Å². The fraction of sp³-hybridized carbons (Fsp3) is 0.333. The van der Waals surface area contributed by atoms with Crippen molar-refractivity contribution in [3.8, 4) is 17.2 Å². The zero-order chi connectivity index (χ0) is 19.6. The molecule has 1 N–H and O–H groups in total. The maximum absolute atomic E-state index is 12.3. The molecule has 1 saturated carbocycles. The number of carboxylic acid groups (broad SMARTS) is 1. The Balaban J connectivity index is 1.79. The highest BCUT2D eigenvalue weighted by Crippen LogP contribution is 2.39. The van der Waals surface area contributed by atoms with Crippen molar-refractivity contribution >= 4 is 5.97 Å². The summed E-state index contributed by atoms with van der Waals surface area (Å²) >= 11 is 0. The number of nitrogens with zero attached hydrogens (tertiary/aromatic N) is 1. The molecule has 144 valence electrons. The summed E-state index contributed by atoms with van der Waals surface area (Å²) in [4.78, 5) is 15.6. The molecular weight excluding hydrogens is 367 g/mol. The summed E-state index contributed by atoms with van der Waals surface area (Å²) in [6, 6.07) is 5.09. The Morgan fingerprint density at radius 2 is 2.00 bits per heavy atom. The third kappa shape index (κ3) is 4.81. The largest absolute Gasteiger partial charge is 0.573 e. The second-order valence-electron chi connectivity index (χ2n) is 5.99. The van der Waals surface area contributed by atoms with Gasteiger partial charge < -0.3 is 19.3 Å². The number of aromatic nitrogens is 1. The lowest BCUT2D eigenvalue weighted by molar-refractivity contribution is -0.274. The van der Waals surface area contributed by atoms with Gasteiger partial charge in [0.15, 0.2) is 11.5 Å². The quantitative estimate of drug-likeness (QED) is 0.774. The van der Waals surface area contributed by atoms with Crippen LogP contribution in [-0.2, 0) is 6.61 Å². The molecule has 2 aromatic rings. The number of alkyl halides is 3. The van der Waals surface area contributed by atoms with Gasteiger partial charge in [-0.3, -0.25) is 4.98 Å². The van der Waals surface area contributed by atoms with Gasteiger partial charge in [-0.25, -0.2) is 4.79 Å². The van der Waals surface area contributed by atoms with Crippen LogP contribution in [-0.4, -0.2) is 29.5 Å². The van der Waals surface area contributed by atoms with Crippen LogP contribution in [0.5, 0.6) is 17.2 Å². The van der Waals surface area contributed by atoms with Gasteiger partial charge in [0.05, 0.1) is 12.7 Å². The molecule has 0 atom stereocenters. The Bertz CT molecular complexity index is 849. The fourth-order valence-electron chi connectivity index (χ4n) is 2.55. The molecule has 27 heavy (non-hydrogen) atoms. The van der Waals surface area contributed by atoms with Crippen LogP contribution in [0.1, 0.15) is 40.4 Å². The SMILES string of the molecule is COc1cc(OC(F)(F)F)ccc1OCc1cc(C2CC2)ncc1C(=O)O.